The molecular formula is C5H8ClF3N2O3P-. The number of likely N-dealkylation sites (N-methyl/N-ethyl adjacent to an activating group) is 1. The Morgan fingerprint density at radius 1 is 1.60 bits per heavy atom. The van der Waals surface area contributed by atoms with Crippen molar-refractivity contribution in [3.05, 3.63) is 0 Å². The van der Waals surface area contributed by atoms with E-state index in [-0.39, 0.29) is 6.54 Å². The molecule has 90 valence electrons. The van der Waals surface area contributed by atoms with Crippen LogP contribution in [0.25, 0.3) is 0 Å². The lowest BCUT2D eigenvalue weighted by Gasteiger charge is -2.26. The molecule has 0 aromatic rings. The number of alkyl halides is 3. The Bertz CT molecular complexity index is 279. The minimum absolute atomic E-state index is 0.327. The molecule has 0 saturated heterocycles. The van der Waals surface area contributed by atoms with Gasteiger partial charge in [-0.25, -0.2) is 0 Å². The Hall–Kier alpha value is -0.300. The number of rotatable bonds is 4. The van der Waals surface area contributed by atoms with Crippen molar-refractivity contribution in [1.29, 1.82) is 0 Å². The van der Waals surface area contributed by atoms with Gasteiger partial charge in [-0.3, -0.25) is 9.46 Å². The molecule has 0 aromatic carbocycles. The van der Waals surface area contributed by atoms with Crippen LogP contribution in [0.4, 0.5) is 13.2 Å². The Labute approximate surface area is 88.5 Å². The Morgan fingerprint density at radius 3 is 2.40 bits per heavy atom. The van der Waals surface area contributed by atoms with Crippen molar-refractivity contribution in [3.8, 4) is 0 Å². The summed E-state index contributed by atoms with van der Waals surface area (Å²) in [6.07, 6.45) is -4.97. The van der Waals surface area contributed by atoms with E-state index < -0.39 is 25.5 Å². The molecule has 10 heteroatoms. The predicted octanol–water partition coefficient (Wildman–Crippen LogP) is 0.304. The highest BCUT2D eigenvalue weighted by Crippen LogP contribution is 2.43. The van der Waals surface area contributed by atoms with E-state index in [1.165, 1.54) is 5.32 Å². The molecule has 1 atom stereocenters. The standard InChI is InChI=1S/C5H9ClF3N2O3P/c1-11(15(6,13)14)3-2-10-4(12)5(7,8)9/h2-3H2,1H3,(H,10,12)(H,13,14)/p-1. The van der Waals surface area contributed by atoms with Gasteiger partial charge in [0.2, 0.25) is 0 Å². The number of halogens is 4. The maximum Gasteiger partial charge on any atom is 0.471 e. The predicted molar refractivity (Wildman–Crippen MR) is 45.2 cm³/mol. The van der Waals surface area contributed by atoms with Gasteiger partial charge in [-0.15, -0.1) is 0 Å². The number of amides is 1. The summed E-state index contributed by atoms with van der Waals surface area (Å²) in [5.41, 5.74) is 0. The van der Waals surface area contributed by atoms with Crippen LogP contribution in [0.3, 0.4) is 0 Å². The third-order valence-corrected chi connectivity index (χ3v) is 3.18. The maximum atomic E-state index is 11.6. The fourth-order valence-corrected chi connectivity index (χ4v) is 1.12. The van der Waals surface area contributed by atoms with Crippen molar-refractivity contribution in [3.63, 3.8) is 0 Å². The van der Waals surface area contributed by atoms with Gasteiger partial charge in [0.05, 0.1) is 0 Å². The minimum Gasteiger partial charge on any atom is -0.776 e. The number of carbonyl (C=O) groups excluding carboxylic acids is 1. The number of carbonyl (C=O) groups is 1. The maximum absolute atomic E-state index is 11.6. The molecule has 0 rings (SSSR count). The summed E-state index contributed by atoms with van der Waals surface area (Å²) in [4.78, 5) is 20.8. The summed E-state index contributed by atoms with van der Waals surface area (Å²) >= 11 is 4.88. The second-order valence-electron chi connectivity index (χ2n) is 2.59. The van der Waals surface area contributed by atoms with Crippen molar-refractivity contribution in [2.75, 3.05) is 20.1 Å². The molecule has 0 saturated carbocycles. The van der Waals surface area contributed by atoms with Crippen molar-refractivity contribution in [2.45, 2.75) is 6.18 Å². The van der Waals surface area contributed by atoms with Gasteiger partial charge in [-0.2, -0.15) is 13.2 Å². The summed E-state index contributed by atoms with van der Waals surface area (Å²) in [6.45, 7) is -5.03. The van der Waals surface area contributed by atoms with Crippen LogP contribution in [-0.4, -0.2) is 36.9 Å². The van der Waals surface area contributed by atoms with E-state index >= 15 is 0 Å². The van der Waals surface area contributed by atoms with Gasteiger partial charge in [-0.1, -0.05) is 11.2 Å². The molecule has 15 heavy (non-hydrogen) atoms. The van der Waals surface area contributed by atoms with Gasteiger partial charge in [0, 0.05) is 13.1 Å². The molecule has 0 spiro atoms. The van der Waals surface area contributed by atoms with Crippen molar-refractivity contribution < 1.29 is 27.4 Å². The summed E-state index contributed by atoms with van der Waals surface area (Å²) in [6, 6.07) is 0. The normalized spacial score (nSPS) is 16.2. The molecule has 0 aliphatic rings. The van der Waals surface area contributed by atoms with E-state index in [2.05, 4.69) is 0 Å². The first-order chi connectivity index (χ1) is 6.55. The third-order valence-electron chi connectivity index (χ3n) is 1.39. The molecule has 0 aromatic heterocycles. The molecule has 5 nitrogen and oxygen atoms in total. The average Bonchev–Trinajstić information content (AvgIpc) is 2.00. The summed E-state index contributed by atoms with van der Waals surface area (Å²) in [5.74, 6) is -2.12. The molecule has 0 bridgehead atoms. The Morgan fingerprint density at radius 2 is 2.07 bits per heavy atom. The number of nitrogens with one attached hydrogen (secondary N) is 1. The smallest absolute Gasteiger partial charge is 0.471 e. The highest BCUT2D eigenvalue weighted by Gasteiger charge is 2.38. The van der Waals surface area contributed by atoms with E-state index in [1.54, 1.807) is 0 Å². The van der Waals surface area contributed by atoms with Crippen LogP contribution in [0.15, 0.2) is 0 Å². The van der Waals surface area contributed by atoms with Crippen LogP contribution in [0.2, 0.25) is 0 Å². The van der Waals surface area contributed by atoms with Crippen LogP contribution in [0.1, 0.15) is 0 Å². The van der Waals surface area contributed by atoms with Gasteiger partial charge in [0.15, 0.2) is 6.87 Å². The first kappa shape index (κ1) is 14.7. The average molecular weight is 268 g/mol. The van der Waals surface area contributed by atoms with Crippen molar-refractivity contribution in [1.82, 2.24) is 9.99 Å². The van der Waals surface area contributed by atoms with Crippen LogP contribution in [0.5, 0.6) is 0 Å². The second kappa shape index (κ2) is 5.16. The zero-order valence-electron chi connectivity index (χ0n) is 7.55. The van der Waals surface area contributed by atoms with Gasteiger partial charge in [-0.05, 0) is 7.05 Å². The second-order valence-corrected chi connectivity index (χ2v) is 5.45. The monoisotopic (exact) mass is 267 g/mol. The summed E-state index contributed by atoms with van der Waals surface area (Å²) in [7, 11) is 1.08. The largest absolute Gasteiger partial charge is 0.776 e. The molecule has 0 heterocycles. The van der Waals surface area contributed by atoms with Crippen molar-refractivity contribution in [2.24, 2.45) is 0 Å². The number of hydrogen-bond acceptors (Lipinski definition) is 3. The molecule has 1 N–H and O–H groups in total. The topological polar surface area (TPSA) is 72.5 Å². The number of hydrogen-bond donors (Lipinski definition) is 1. The van der Waals surface area contributed by atoms with Gasteiger partial charge in [0.25, 0.3) is 0 Å². The highest BCUT2D eigenvalue weighted by molar-refractivity contribution is 7.81. The zero-order valence-corrected chi connectivity index (χ0v) is 9.20. The summed E-state index contributed by atoms with van der Waals surface area (Å²) < 4.78 is 46.1. The van der Waals surface area contributed by atoms with Gasteiger partial charge >= 0.3 is 12.1 Å². The Balaban J connectivity index is 3.92. The van der Waals surface area contributed by atoms with E-state index in [0.29, 0.717) is 4.67 Å². The van der Waals surface area contributed by atoms with Gasteiger partial charge in [0.1, 0.15) is 0 Å². The molecule has 0 fully saturated rings. The van der Waals surface area contributed by atoms with Gasteiger partial charge < -0.3 is 14.8 Å². The van der Waals surface area contributed by atoms with Crippen LogP contribution < -0.4 is 10.2 Å². The van der Waals surface area contributed by atoms with E-state index in [1.807, 2.05) is 0 Å². The highest BCUT2D eigenvalue weighted by atomic mass is 35.7. The first-order valence-electron chi connectivity index (χ1n) is 3.62. The lowest BCUT2D eigenvalue weighted by atomic mass is 10.5. The Kier molecular flexibility index (Phi) is 5.05. The molecule has 1 amide bonds. The van der Waals surface area contributed by atoms with Crippen molar-refractivity contribution >= 4 is 24.0 Å². The lowest BCUT2D eigenvalue weighted by molar-refractivity contribution is -0.179. The molecule has 0 aliphatic heterocycles. The SMILES string of the molecule is CN(CCNC(=O)C(F)(F)F)P(=O)([O-])Cl. The van der Waals surface area contributed by atoms with E-state index in [4.69, 9.17) is 11.2 Å². The van der Waals surface area contributed by atoms with E-state index in [9.17, 15) is 27.4 Å². The fraction of sp³-hybridized carbons (Fsp3) is 0.800. The molecule has 1 unspecified atom stereocenters. The zero-order chi connectivity index (χ0) is 12.3. The fourth-order valence-electron chi connectivity index (χ4n) is 0.551. The molecular weight excluding hydrogens is 259 g/mol. The molecule has 0 radical (unpaired) electrons. The number of nitrogens with zero attached hydrogens (tertiary/aromatic N) is 1. The third kappa shape index (κ3) is 5.99. The van der Waals surface area contributed by atoms with E-state index in [0.717, 1.165) is 7.05 Å². The first-order valence-corrected chi connectivity index (χ1v) is 6.10. The minimum atomic E-state index is -4.97. The quantitative estimate of drug-likeness (QED) is 0.744. The summed E-state index contributed by atoms with van der Waals surface area (Å²) in [5, 5.41) is 1.50. The van der Waals surface area contributed by atoms with Crippen LogP contribution in [0, 0.1) is 0 Å². The lowest BCUT2D eigenvalue weighted by Crippen LogP contribution is -2.40. The van der Waals surface area contributed by atoms with Crippen LogP contribution >= 0.6 is 18.1 Å². The molecule has 0 aliphatic carbocycles. The van der Waals surface area contributed by atoms with Crippen LogP contribution in [-0.2, 0) is 9.36 Å².